The van der Waals surface area contributed by atoms with Gasteiger partial charge in [0, 0.05) is 11.1 Å². The molecule has 0 heterocycles. The van der Waals surface area contributed by atoms with E-state index >= 15 is 0 Å². The highest BCUT2D eigenvalue weighted by Crippen LogP contribution is 2.41. The fraction of sp³-hybridized carbons (Fsp3) is 0.294. The first kappa shape index (κ1) is 12.7. The first-order chi connectivity index (χ1) is 9.28. The molecule has 0 aromatic heterocycles. The van der Waals surface area contributed by atoms with Gasteiger partial charge in [-0.1, -0.05) is 48.0 Å². The molecule has 0 amide bonds. The van der Waals surface area contributed by atoms with Gasteiger partial charge in [0.05, 0.1) is 0 Å². The van der Waals surface area contributed by atoms with Crippen molar-refractivity contribution in [3.05, 3.63) is 70.2 Å². The van der Waals surface area contributed by atoms with Gasteiger partial charge < -0.3 is 5.32 Å². The lowest BCUT2D eigenvalue weighted by Gasteiger charge is -2.12. The van der Waals surface area contributed by atoms with Crippen LogP contribution in [0.25, 0.3) is 0 Å². The minimum absolute atomic E-state index is 0.494. The summed E-state index contributed by atoms with van der Waals surface area (Å²) in [5, 5.41) is 4.23. The van der Waals surface area contributed by atoms with E-state index in [2.05, 4.69) is 41.7 Å². The van der Waals surface area contributed by atoms with Gasteiger partial charge in [-0.2, -0.15) is 0 Å². The molecule has 2 atom stereocenters. The lowest BCUT2D eigenvalue weighted by molar-refractivity contribution is 0.532. The van der Waals surface area contributed by atoms with E-state index < -0.39 is 0 Å². The Labute approximate surface area is 119 Å². The van der Waals surface area contributed by atoms with Gasteiger partial charge in [0.2, 0.25) is 0 Å². The van der Waals surface area contributed by atoms with Gasteiger partial charge in [0.25, 0.3) is 0 Å². The molecular formula is C17H18ClN. The van der Waals surface area contributed by atoms with Crippen molar-refractivity contribution < 1.29 is 0 Å². The summed E-state index contributed by atoms with van der Waals surface area (Å²) in [4.78, 5) is 0. The van der Waals surface area contributed by atoms with Crippen molar-refractivity contribution in [1.29, 1.82) is 0 Å². The third-order valence-electron chi connectivity index (χ3n) is 4.08. The fourth-order valence-corrected chi connectivity index (χ4v) is 3.24. The Morgan fingerprint density at radius 1 is 1.05 bits per heavy atom. The van der Waals surface area contributed by atoms with Crippen LogP contribution in [0.2, 0.25) is 5.02 Å². The fourth-order valence-electron chi connectivity index (χ4n) is 3.11. The molecule has 98 valence electrons. The molecule has 2 heteroatoms. The van der Waals surface area contributed by atoms with Crippen LogP contribution >= 0.6 is 11.6 Å². The van der Waals surface area contributed by atoms with Crippen LogP contribution in [0.1, 0.15) is 35.1 Å². The molecule has 3 rings (SSSR count). The van der Waals surface area contributed by atoms with Crippen LogP contribution in [-0.4, -0.2) is 7.05 Å². The summed E-state index contributed by atoms with van der Waals surface area (Å²) in [5.41, 5.74) is 4.32. The topological polar surface area (TPSA) is 12.0 Å². The molecule has 0 unspecified atom stereocenters. The molecule has 0 bridgehead atoms. The minimum Gasteiger partial charge on any atom is -0.313 e. The molecule has 0 radical (unpaired) electrons. The molecular weight excluding hydrogens is 254 g/mol. The second-order valence-corrected chi connectivity index (χ2v) is 5.67. The smallest absolute Gasteiger partial charge is 0.0406 e. The zero-order valence-corrected chi connectivity index (χ0v) is 11.8. The van der Waals surface area contributed by atoms with Crippen molar-refractivity contribution in [2.24, 2.45) is 0 Å². The molecule has 2 aromatic rings. The van der Waals surface area contributed by atoms with Gasteiger partial charge in [-0.3, -0.25) is 0 Å². The summed E-state index contributed by atoms with van der Waals surface area (Å²) in [6, 6.07) is 17.5. The molecule has 0 aliphatic heterocycles. The van der Waals surface area contributed by atoms with Crippen LogP contribution in [0.3, 0.4) is 0 Å². The van der Waals surface area contributed by atoms with E-state index in [-0.39, 0.29) is 0 Å². The Kier molecular flexibility index (Phi) is 3.58. The SMILES string of the molecule is CN[C@H]1C[C@@H](Cc2ccc(Cl)cc2)c2ccccc21. The van der Waals surface area contributed by atoms with E-state index in [9.17, 15) is 0 Å². The molecule has 2 aromatic carbocycles. The Morgan fingerprint density at radius 3 is 2.42 bits per heavy atom. The summed E-state index contributed by atoms with van der Waals surface area (Å²) in [5.74, 6) is 0.606. The van der Waals surface area contributed by atoms with Gasteiger partial charge in [0.1, 0.15) is 0 Å². The maximum atomic E-state index is 5.95. The van der Waals surface area contributed by atoms with Crippen LogP contribution in [0.15, 0.2) is 48.5 Å². The average Bonchev–Trinajstić information content (AvgIpc) is 2.80. The van der Waals surface area contributed by atoms with Crippen molar-refractivity contribution in [3.8, 4) is 0 Å². The summed E-state index contributed by atoms with van der Waals surface area (Å²) < 4.78 is 0. The minimum atomic E-state index is 0.494. The van der Waals surface area contributed by atoms with Crippen molar-refractivity contribution in [1.82, 2.24) is 5.32 Å². The van der Waals surface area contributed by atoms with Crippen LogP contribution in [0.5, 0.6) is 0 Å². The Balaban J connectivity index is 1.85. The van der Waals surface area contributed by atoms with Crippen molar-refractivity contribution in [2.75, 3.05) is 7.05 Å². The molecule has 1 N–H and O–H groups in total. The molecule has 1 aliphatic carbocycles. The first-order valence-corrected chi connectivity index (χ1v) is 7.16. The second-order valence-electron chi connectivity index (χ2n) is 5.23. The molecule has 0 saturated heterocycles. The Morgan fingerprint density at radius 2 is 1.74 bits per heavy atom. The van der Waals surface area contributed by atoms with E-state index in [0.717, 1.165) is 11.4 Å². The monoisotopic (exact) mass is 271 g/mol. The van der Waals surface area contributed by atoms with Gasteiger partial charge >= 0.3 is 0 Å². The number of hydrogen-bond acceptors (Lipinski definition) is 1. The third kappa shape index (κ3) is 2.54. The number of benzene rings is 2. The van der Waals surface area contributed by atoms with E-state index in [1.54, 1.807) is 0 Å². The highest BCUT2D eigenvalue weighted by atomic mass is 35.5. The lowest BCUT2D eigenvalue weighted by Crippen LogP contribution is -2.13. The summed E-state index contributed by atoms with van der Waals surface area (Å²) >= 11 is 5.95. The molecule has 19 heavy (non-hydrogen) atoms. The number of hydrogen-bond donors (Lipinski definition) is 1. The number of rotatable bonds is 3. The third-order valence-corrected chi connectivity index (χ3v) is 4.33. The standard InChI is InChI=1S/C17H18ClN/c1-19-17-11-13(15-4-2-3-5-16(15)17)10-12-6-8-14(18)9-7-12/h2-9,13,17,19H,10-11H2,1H3/t13-,17+/m1/s1. The highest BCUT2D eigenvalue weighted by molar-refractivity contribution is 6.30. The van der Waals surface area contributed by atoms with Crippen molar-refractivity contribution in [3.63, 3.8) is 0 Å². The predicted octanol–water partition coefficient (Wildman–Crippen LogP) is 4.33. The molecule has 0 fully saturated rings. The summed E-state index contributed by atoms with van der Waals surface area (Å²) in [6.45, 7) is 0. The normalized spacial score (nSPS) is 21.4. The molecule has 1 nitrogen and oxygen atoms in total. The second kappa shape index (κ2) is 5.36. The Bertz CT molecular complexity index is 562. The maximum Gasteiger partial charge on any atom is 0.0406 e. The number of fused-ring (bicyclic) bond motifs is 1. The van der Waals surface area contributed by atoms with Crippen LogP contribution < -0.4 is 5.32 Å². The molecule has 1 aliphatic rings. The van der Waals surface area contributed by atoms with E-state index in [4.69, 9.17) is 11.6 Å². The van der Waals surface area contributed by atoms with Crippen LogP contribution in [0, 0.1) is 0 Å². The molecule has 0 spiro atoms. The zero-order valence-electron chi connectivity index (χ0n) is 11.1. The van der Waals surface area contributed by atoms with Gasteiger partial charge in [-0.15, -0.1) is 0 Å². The Hall–Kier alpha value is -1.31. The van der Waals surface area contributed by atoms with E-state index in [1.807, 2.05) is 19.2 Å². The molecule has 0 saturated carbocycles. The first-order valence-electron chi connectivity index (χ1n) is 6.78. The quantitative estimate of drug-likeness (QED) is 0.876. The summed E-state index contributed by atoms with van der Waals surface area (Å²) in [7, 11) is 2.05. The largest absolute Gasteiger partial charge is 0.313 e. The number of halogens is 1. The van der Waals surface area contributed by atoms with Crippen molar-refractivity contribution in [2.45, 2.75) is 24.8 Å². The zero-order chi connectivity index (χ0) is 13.2. The highest BCUT2D eigenvalue weighted by Gasteiger charge is 2.29. The lowest BCUT2D eigenvalue weighted by atomic mass is 9.94. The average molecular weight is 272 g/mol. The van der Waals surface area contributed by atoms with Crippen LogP contribution in [0.4, 0.5) is 0 Å². The van der Waals surface area contributed by atoms with E-state index in [0.29, 0.717) is 12.0 Å². The van der Waals surface area contributed by atoms with Gasteiger partial charge in [-0.05, 0) is 54.6 Å². The van der Waals surface area contributed by atoms with E-state index in [1.165, 1.54) is 23.1 Å². The summed E-state index contributed by atoms with van der Waals surface area (Å²) in [6.07, 6.45) is 2.27. The van der Waals surface area contributed by atoms with Crippen molar-refractivity contribution >= 4 is 11.6 Å². The maximum absolute atomic E-state index is 5.95. The predicted molar refractivity (Wildman–Crippen MR) is 80.8 cm³/mol. The van der Waals surface area contributed by atoms with Gasteiger partial charge in [-0.25, -0.2) is 0 Å². The number of nitrogens with one attached hydrogen (secondary N) is 1. The van der Waals surface area contributed by atoms with Gasteiger partial charge in [0.15, 0.2) is 0 Å². The van der Waals surface area contributed by atoms with Crippen LogP contribution in [-0.2, 0) is 6.42 Å².